The fourth-order valence-corrected chi connectivity index (χ4v) is 1.19. The van der Waals surface area contributed by atoms with Gasteiger partial charge in [0, 0.05) is 5.02 Å². The molecule has 0 saturated carbocycles. The van der Waals surface area contributed by atoms with Gasteiger partial charge in [-0.2, -0.15) is 0 Å². The van der Waals surface area contributed by atoms with Gasteiger partial charge in [0.15, 0.2) is 0 Å². The molecule has 0 N–H and O–H groups in total. The minimum absolute atomic E-state index is 0. The summed E-state index contributed by atoms with van der Waals surface area (Å²) >= 11 is 11.3. The Hall–Kier alpha value is -0.333. The van der Waals surface area contributed by atoms with Crippen LogP contribution in [-0.2, 0) is 4.79 Å². The Bertz CT molecular complexity index is 330. The van der Waals surface area contributed by atoms with E-state index in [1.807, 2.05) is 0 Å². The quantitative estimate of drug-likeness (QED) is 0.568. The molecule has 0 unspecified atom stereocenters. The van der Waals surface area contributed by atoms with Crippen LogP contribution in [0.1, 0.15) is 0 Å². The molecule has 0 aliphatic heterocycles. The number of carbonyl (C=O) groups is 1. The van der Waals surface area contributed by atoms with Crippen molar-refractivity contribution in [1.29, 1.82) is 0 Å². The van der Waals surface area contributed by atoms with Crippen molar-refractivity contribution in [2.75, 3.05) is 6.61 Å². The van der Waals surface area contributed by atoms with E-state index in [0.29, 0.717) is 5.02 Å². The standard InChI is InChI=1S/C8H6Cl2O3.Li/c9-5-1-2-7(6(10)3-5)13-4-8(11)12;/h1-3H,4H2,(H,11,12);/q;+1/p-1. The van der Waals surface area contributed by atoms with Gasteiger partial charge >= 0.3 is 18.9 Å². The molecule has 0 aliphatic rings. The van der Waals surface area contributed by atoms with Gasteiger partial charge in [-0.15, -0.1) is 0 Å². The molecule has 0 radical (unpaired) electrons. The average molecular weight is 227 g/mol. The van der Waals surface area contributed by atoms with Gasteiger partial charge < -0.3 is 14.6 Å². The number of carboxylic acids is 1. The Balaban J connectivity index is 0.00000169. The minimum Gasteiger partial charge on any atom is -0.546 e. The summed E-state index contributed by atoms with van der Waals surface area (Å²) in [5, 5.41) is 10.8. The molecule has 70 valence electrons. The first kappa shape index (κ1) is 13.7. The second-order valence-electron chi connectivity index (χ2n) is 2.24. The fraction of sp³-hybridized carbons (Fsp3) is 0.125. The fourth-order valence-electron chi connectivity index (χ4n) is 0.729. The first-order valence-corrected chi connectivity index (χ1v) is 4.13. The largest absolute Gasteiger partial charge is 1.00 e. The Morgan fingerprint density at radius 2 is 2.07 bits per heavy atom. The van der Waals surface area contributed by atoms with Gasteiger partial charge in [0.05, 0.1) is 11.0 Å². The molecule has 0 spiro atoms. The summed E-state index contributed by atoms with van der Waals surface area (Å²) in [6.45, 7) is -0.526. The predicted molar refractivity (Wildman–Crippen MR) is 47.0 cm³/mol. The zero-order valence-electron chi connectivity index (χ0n) is 7.42. The van der Waals surface area contributed by atoms with Crippen molar-refractivity contribution in [3.63, 3.8) is 0 Å². The Morgan fingerprint density at radius 3 is 2.57 bits per heavy atom. The molecule has 6 heteroatoms. The van der Waals surface area contributed by atoms with Crippen molar-refractivity contribution in [2.24, 2.45) is 0 Å². The van der Waals surface area contributed by atoms with Crippen LogP contribution in [0.5, 0.6) is 5.75 Å². The van der Waals surface area contributed by atoms with Crippen molar-refractivity contribution >= 4 is 29.2 Å². The molecule has 14 heavy (non-hydrogen) atoms. The first-order valence-electron chi connectivity index (χ1n) is 3.37. The molecular weight excluding hydrogens is 222 g/mol. The van der Waals surface area contributed by atoms with Gasteiger partial charge in [-0.1, -0.05) is 23.2 Å². The maximum absolute atomic E-state index is 10.0. The number of carboxylic acid groups (broad SMARTS) is 1. The van der Waals surface area contributed by atoms with Gasteiger partial charge in [-0.3, -0.25) is 0 Å². The topological polar surface area (TPSA) is 49.4 Å². The molecule has 3 nitrogen and oxygen atoms in total. The van der Waals surface area contributed by atoms with E-state index >= 15 is 0 Å². The van der Waals surface area contributed by atoms with Crippen LogP contribution in [-0.4, -0.2) is 12.6 Å². The molecule has 1 aromatic carbocycles. The van der Waals surface area contributed by atoms with E-state index in [9.17, 15) is 9.90 Å². The Labute approximate surface area is 103 Å². The van der Waals surface area contributed by atoms with E-state index in [2.05, 4.69) is 0 Å². The van der Waals surface area contributed by atoms with Crippen LogP contribution in [0.4, 0.5) is 0 Å². The van der Waals surface area contributed by atoms with E-state index < -0.39 is 12.6 Å². The monoisotopic (exact) mass is 226 g/mol. The summed E-state index contributed by atoms with van der Waals surface area (Å²) in [7, 11) is 0. The molecule has 0 aliphatic carbocycles. The molecule has 0 bridgehead atoms. The molecule has 1 rings (SSSR count). The molecule has 0 aromatic heterocycles. The summed E-state index contributed by atoms with van der Waals surface area (Å²) in [6, 6.07) is 4.51. The molecule has 0 fully saturated rings. The molecular formula is C8H5Cl2LiO3. The summed E-state index contributed by atoms with van der Waals surface area (Å²) < 4.78 is 4.80. The van der Waals surface area contributed by atoms with E-state index in [1.54, 1.807) is 6.07 Å². The number of rotatable bonds is 3. The van der Waals surface area contributed by atoms with Crippen molar-refractivity contribution in [1.82, 2.24) is 0 Å². The van der Waals surface area contributed by atoms with E-state index in [0.717, 1.165) is 0 Å². The third-order valence-electron chi connectivity index (χ3n) is 1.24. The smallest absolute Gasteiger partial charge is 0.546 e. The summed E-state index contributed by atoms with van der Waals surface area (Å²) in [5.41, 5.74) is 0. The van der Waals surface area contributed by atoms with Crippen LogP contribution in [0, 0.1) is 0 Å². The van der Waals surface area contributed by atoms with Gasteiger partial charge in [0.2, 0.25) is 0 Å². The zero-order chi connectivity index (χ0) is 9.84. The number of benzene rings is 1. The maximum atomic E-state index is 10.0. The number of hydrogen-bond acceptors (Lipinski definition) is 3. The average Bonchev–Trinajstić information content (AvgIpc) is 2.02. The predicted octanol–water partition coefficient (Wildman–Crippen LogP) is -1.87. The third kappa shape index (κ3) is 4.25. The van der Waals surface area contributed by atoms with Gasteiger partial charge in [-0.25, -0.2) is 0 Å². The minimum atomic E-state index is -1.30. The summed E-state index contributed by atoms with van der Waals surface area (Å²) in [5.74, 6) is -1.03. The SMILES string of the molecule is O=C([O-])COc1ccc(Cl)cc1Cl.[Li+]. The normalized spacial score (nSPS) is 9.00. The second-order valence-corrected chi connectivity index (χ2v) is 3.08. The van der Waals surface area contributed by atoms with Crippen LogP contribution in [0.3, 0.4) is 0 Å². The van der Waals surface area contributed by atoms with Crippen LogP contribution >= 0.6 is 23.2 Å². The number of ether oxygens (including phenoxy) is 1. The number of carbonyl (C=O) groups excluding carboxylic acids is 1. The number of hydrogen-bond donors (Lipinski definition) is 0. The first-order chi connectivity index (χ1) is 6.09. The van der Waals surface area contributed by atoms with E-state index in [-0.39, 0.29) is 29.6 Å². The van der Waals surface area contributed by atoms with E-state index in [4.69, 9.17) is 27.9 Å². The number of aliphatic carboxylic acids is 1. The molecule has 0 heterocycles. The van der Waals surface area contributed by atoms with Gasteiger partial charge in [-0.05, 0) is 18.2 Å². The Kier molecular flexibility index (Phi) is 6.06. The van der Waals surface area contributed by atoms with Crippen molar-refractivity contribution < 1.29 is 33.5 Å². The van der Waals surface area contributed by atoms with Crippen LogP contribution in [0.25, 0.3) is 0 Å². The third-order valence-corrected chi connectivity index (χ3v) is 1.77. The summed E-state index contributed by atoms with van der Waals surface area (Å²) in [6.07, 6.45) is 0. The van der Waals surface area contributed by atoms with Gasteiger partial charge in [0.1, 0.15) is 12.4 Å². The van der Waals surface area contributed by atoms with Gasteiger partial charge in [0.25, 0.3) is 0 Å². The summed E-state index contributed by atoms with van der Waals surface area (Å²) in [4.78, 5) is 10.0. The van der Waals surface area contributed by atoms with Crippen LogP contribution in [0.2, 0.25) is 10.0 Å². The number of halogens is 2. The second kappa shape index (κ2) is 6.21. The Morgan fingerprint density at radius 1 is 1.43 bits per heavy atom. The van der Waals surface area contributed by atoms with Crippen molar-refractivity contribution in [2.45, 2.75) is 0 Å². The van der Waals surface area contributed by atoms with Crippen LogP contribution < -0.4 is 28.7 Å². The molecule has 1 aromatic rings. The zero-order valence-corrected chi connectivity index (χ0v) is 8.93. The van der Waals surface area contributed by atoms with Crippen LogP contribution in [0.15, 0.2) is 18.2 Å². The van der Waals surface area contributed by atoms with Crippen molar-refractivity contribution in [3.8, 4) is 5.75 Å². The molecule has 0 amide bonds. The van der Waals surface area contributed by atoms with Crippen molar-refractivity contribution in [3.05, 3.63) is 28.2 Å². The molecule has 0 saturated heterocycles. The maximum Gasteiger partial charge on any atom is 1.00 e. The molecule has 0 atom stereocenters. The van der Waals surface area contributed by atoms with E-state index in [1.165, 1.54) is 12.1 Å².